The lowest BCUT2D eigenvalue weighted by molar-refractivity contribution is -0.143. The van der Waals surface area contributed by atoms with Gasteiger partial charge in [0.25, 0.3) is 0 Å². The second-order valence-corrected chi connectivity index (χ2v) is 5.91. The molecule has 0 radical (unpaired) electrons. The molecule has 2 atom stereocenters. The van der Waals surface area contributed by atoms with Crippen molar-refractivity contribution >= 4 is 34.1 Å². The van der Waals surface area contributed by atoms with Gasteiger partial charge >= 0.3 is 5.97 Å². The summed E-state index contributed by atoms with van der Waals surface area (Å²) in [5.74, 6) is -1.08. The van der Waals surface area contributed by atoms with E-state index < -0.39 is 16.8 Å². The number of carbonyl (C=O) groups excluding carboxylic acids is 2. The van der Waals surface area contributed by atoms with Crippen molar-refractivity contribution in [2.45, 2.75) is 18.2 Å². The van der Waals surface area contributed by atoms with Crippen molar-refractivity contribution < 1.29 is 14.3 Å². The second kappa shape index (κ2) is 5.15. The fraction of sp³-hybridized carbons (Fsp3) is 0.294. The number of hydrogen-bond donors (Lipinski definition) is 0. The first-order valence-electron chi connectivity index (χ1n) is 6.96. The van der Waals surface area contributed by atoms with Crippen LogP contribution in [0.3, 0.4) is 0 Å². The van der Waals surface area contributed by atoms with Gasteiger partial charge in [-0.25, -0.2) is 0 Å². The van der Waals surface area contributed by atoms with E-state index in [1.807, 2.05) is 36.4 Å². The van der Waals surface area contributed by atoms with Crippen LogP contribution in [-0.2, 0) is 9.53 Å². The first kappa shape index (κ1) is 14.1. The number of fused-ring (bicyclic) bond motifs is 1. The van der Waals surface area contributed by atoms with Crippen LogP contribution < -0.4 is 0 Å². The summed E-state index contributed by atoms with van der Waals surface area (Å²) in [5.41, 5.74) is 0.616. The molecule has 2 aromatic rings. The third-order valence-corrected chi connectivity index (χ3v) is 4.45. The molecule has 1 saturated carbocycles. The Bertz CT molecular complexity index is 720. The summed E-state index contributed by atoms with van der Waals surface area (Å²) in [6, 6.07) is 13.3. The van der Waals surface area contributed by atoms with E-state index in [-0.39, 0.29) is 12.4 Å². The van der Waals surface area contributed by atoms with Gasteiger partial charge in [0, 0.05) is 5.56 Å². The number of esters is 1. The third-order valence-electron chi connectivity index (χ3n) is 3.88. The second-order valence-electron chi connectivity index (χ2n) is 5.23. The molecule has 0 unspecified atom stereocenters. The molecular formula is C17H15ClO3. The van der Waals surface area contributed by atoms with E-state index in [4.69, 9.17) is 16.3 Å². The molecule has 1 fully saturated rings. The van der Waals surface area contributed by atoms with Crippen LogP contribution in [-0.4, -0.2) is 23.2 Å². The summed E-state index contributed by atoms with van der Waals surface area (Å²) in [6.07, 6.45) is 0.343. The van der Waals surface area contributed by atoms with Gasteiger partial charge in [0.2, 0.25) is 0 Å². The number of rotatable bonds is 4. The molecule has 0 spiro atoms. The van der Waals surface area contributed by atoms with Crippen LogP contribution in [0.4, 0.5) is 0 Å². The predicted molar refractivity (Wildman–Crippen MR) is 81.6 cm³/mol. The number of ether oxygens (including phenoxy) is 1. The summed E-state index contributed by atoms with van der Waals surface area (Å²) in [5, 5.41) is 1.89. The van der Waals surface area contributed by atoms with Crippen molar-refractivity contribution in [2.75, 3.05) is 6.61 Å². The monoisotopic (exact) mass is 302 g/mol. The molecule has 21 heavy (non-hydrogen) atoms. The number of alkyl halides is 1. The van der Waals surface area contributed by atoms with Gasteiger partial charge in [0.05, 0.1) is 12.5 Å². The minimum atomic E-state index is -1.18. The lowest BCUT2D eigenvalue weighted by Gasteiger charge is -2.09. The molecule has 1 aliphatic rings. The van der Waals surface area contributed by atoms with Crippen LogP contribution in [0, 0.1) is 5.92 Å². The number of benzene rings is 2. The standard InChI is InChI=1S/C17H15ClO3/c1-2-21-16(20)17(18)10-14(17)15(19)13-9-5-7-11-6-3-4-8-12(11)13/h3-9,14H,2,10H2,1H3/t14-,17-/m1/s1. The summed E-state index contributed by atoms with van der Waals surface area (Å²) < 4.78 is 4.95. The van der Waals surface area contributed by atoms with Gasteiger partial charge in [-0.15, -0.1) is 11.6 Å². The minimum Gasteiger partial charge on any atom is -0.465 e. The number of carbonyl (C=O) groups is 2. The van der Waals surface area contributed by atoms with Gasteiger partial charge in [-0.2, -0.15) is 0 Å². The highest BCUT2D eigenvalue weighted by Crippen LogP contribution is 2.52. The number of halogens is 1. The zero-order valence-electron chi connectivity index (χ0n) is 11.6. The number of ketones is 1. The van der Waals surface area contributed by atoms with Gasteiger partial charge in [-0.3, -0.25) is 9.59 Å². The highest BCUT2D eigenvalue weighted by atomic mass is 35.5. The zero-order chi connectivity index (χ0) is 15.0. The Morgan fingerprint density at radius 3 is 2.71 bits per heavy atom. The maximum Gasteiger partial charge on any atom is 0.327 e. The molecule has 3 rings (SSSR count). The zero-order valence-corrected chi connectivity index (χ0v) is 12.4. The quantitative estimate of drug-likeness (QED) is 0.492. The van der Waals surface area contributed by atoms with Crippen LogP contribution in [0.1, 0.15) is 23.7 Å². The van der Waals surface area contributed by atoms with Gasteiger partial charge < -0.3 is 4.74 Å². The molecule has 3 nitrogen and oxygen atoms in total. The highest BCUT2D eigenvalue weighted by molar-refractivity contribution is 6.39. The fourth-order valence-corrected chi connectivity index (χ4v) is 2.95. The van der Waals surface area contributed by atoms with Crippen molar-refractivity contribution in [3.63, 3.8) is 0 Å². The van der Waals surface area contributed by atoms with Gasteiger partial charge in [-0.1, -0.05) is 42.5 Å². The van der Waals surface area contributed by atoms with Crippen LogP contribution in [0.25, 0.3) is 10.8 Å². The average molecular weight is 303 g/mol. The van der Waals surface area contributed by atoms with E-state index in [2.05, 4.69) is 0 Å². The normalized spacial score (nSPS) is 23.8. The first-order chi connectivity index (χ1) is 10.1. The van der Waals surface area contributed by atoms with E-state index in [1.54, 1.807) is 13.0 Å². The Morgan fingerprint density at radius 2 is 1.95 bits per heavy atom. The van der Waals surface area contributed by atoms with Crippen molar-refractivity contribution in [3.8, 4) is 0 Å². The smallest absolute Gasteiger partial charge is 0.327 e. The SMILES string of the molecule is CCOC(=O)[C@@]1(Cl)C[C@@H]1C(=O)c1cccc2ccccc12. The molecule has 0 heterocycles. The Balaban J connectivity index is 1.91. The summed E-state index contributed by atoms with van der Waals surface area (Å²) in [4.78, 5) is 23.3. The molecule has 0 bridgehead atoms. The molecule has 0 aromatic heterocycles. The molecular weight excluding hydrogens is 288 g/mol. The molecule has 0 aliphatic heterocycles. The van der Waals surface area contributed by atoms with E-state index in [0.29, 0.717) is 12.0 Å². The maximum atomic E-state index is 12.7. The average Bonchev–Trinajstić information content (AvgIpc) is 3.20. The van der Waals surface area contributed by atoms with Crippen molar-refractivity contribution in [1.29, 1.82) is 0 Å². The molecule has 0 saturated heterocycles. The fourth-order valence-electron chi connectivity index (χ4n) is 2.64. The molecule has 4 heteroatoms. The van der Waals surface area contributed by atoms with Gasteiger partial charge in [0.15, 0.2) is 10.7 Å². The number of hydrogen-bond acceptors (Lipinski definition) is 3. The maximum absolute atomic E-state index is 12.7. The molecule has 1 aliphatic carbocycles. The predicted octanol–water partition coefficient (Wildman–Crippen LogP) is 3.58. The minimum absolute atomic E-state index is 0.0881. The van der Waals surface area contributed by atoms with E-state index >= 15 is 0 Å². The summed E-state index contributed by atoms with van der Waals surface area (Å²) in [7, 11) is 0. The van der Waals surface area contributed by atoms with E-state index in [1.165, 1.54) is 0 Å². The van der Waals surface area contributed by atoms with Gasteiger partial charge in [0.1, 0.15) is 0 Å². The van der Waals surface area contributed by atoms with Crippen LogP contribution in [0.5, 0.6) is 0 Å². The first-order valence-corrected chi connectivity index (χ1v) is 7.34. The molecule has 2 aromatic carbocycles. The number of Topliss-reactive ketones (excluding diaryl/α,β-unsaturated/α-hetero) is 1. The Morgan fingerprint density at radius 1 is 1.24 bits per heavy atom. The van der Waals surface area contributed by atoms with Crippen molar-refractivity contribution in [1.82, 2.24) is 0 Å². The molecule has 0 N–H and O–H groups in total. The van der Waals surface area contributed by atoms with Crippen LogP contribution in [0.2, 0.25) is 0 Å². The summed E-state index contributed by atoms with van der Waals surface area (Å²) in [6.45, 7) is 1.99. The molecule has 108 valence electrons. The molecule has 0 amide bonds. The van der Waals surface area contributed by atoms with Gasteiger partial charge in [-0.05, 0) is 24.1 Å². The van der Waals surface area contributed by atoms with E-state index in [9.17, 15) is 9.59 Å². The van der Waals surface area contributed by atoms with Crippen molar-refractivity contribution in [3.05, 3.63) is 48.0 Å². The Hall–Kier alpha value is -1.87. The largest absolute Gasteiger partial charge is 0.465 e. The lowest BCUT2D eigenvalue weighted by atomic mass is 9.98. The Labute approximate surface area is 127 Å². The Kier molecular flexibility index (Phi) is 3.46. The third kappa shape index (κ3) is 2.32. The lowest BCUT2D eigenvalue weighted by Crippen LogP contribution is -2.24. The topological polar surface area (TPSA) is 43.4 Å². The van der Waals surface area contributed by atoms with Crippen LogP contribution >= 0.6 is 11.6 Å². The highest BCUT2D eigenvalue weighted by Gasteiger charge is 2.64. The summed E-state index contributed by atoms with van der Waals surface area (Å²) >= 11 is 6.24. The van der Waals surface area contributed by atoms with Crippen molar-refractivity contribution in [2.24, 2.45) is 5.92 Å². The van der Waals surface area contributed by atoms with E-state index in [0.717, 1.165) is 10.8 Å². The van der Waals surface area contributed by atoms with Crippen LogP contribution in [0.15, 0.2) is 42.5 Å².